The molecular formula is C17H22N4O. The number of hydrogen-bond donors (Lipinski definition) is 1. The molecule has 0 aliphatic carbocycles. The fourth-order valence-corrected chi connectivity index (χ4v) is 2.83. The molecule has 0 aromatic carbocycles. The molecule has 2 aromatic heterocycles. The van der Waals surface area contributed by atoms with Crippen LogP contribution in [0.1, 0.15) is 48.1 Å². The number of H-pyrrole nitrogens is 1. The summed E-state index contributed by atoms with van der Waals surface area (Å²) in [6.45, 7) is 8.52. The van der Waals surface area contributed by atoms with Crippen molar-refractivity contribution in [1.29, 1.82) is 0 Å². The summed E-state index contributed by atoms with van der Waals surface area (Å²) in [4.78, 5) is 26.5. The highest BCUT2D eigenvalue weighted by Gasteiger charge is 2.22. The number of pyridine rings is 1. The number of rotatable bonds is 3. The van der Waals surface area contributed by atoms with E-state index in [9.17, 15) is 4.79 Å². The number of fused-ring (bicyclic) bond motifs is 1. The third-order valence-electron chi connectivity index (χ3n) is 4.22. The lowest BCUT2D eigenvalue weighted by Gasteiger charge is -2.28. The Morgan fingerprint density at radius 1 is 1.41 bits per heavy atom. The molecule has 0 unspecified atom stereocenters. The van der Waals surface area contributed by atoms with E-state index in [4.69, 9.17) is 0 Å². The van der Waals surface area contributed by atoms with Gasteiger partial charge in [-0.2, -0.15) is 0 Å². The minimum absolute atomic E-state index is 0.0151. The molecule has 116 valence electrons. The molecule has 0 spiro atoms. The lowest BCUT2D eigenvalue weighted by Crippen LogP contribution is -2.36. The summed E-state index contributed by atoms with van der Waals surface area (Å²) in [5, 5.41) is 0. The van der Waals surface area contributed by atoms with Gasteiger partial charge in [0.15, 0.2) is 0 Å². The molecule has 0 amide bonds. The first-order valence-electron chi connectivity index (χ1n) is 7.79. The smallest absolute Gasteiger partial charge is 0.255 e. The van der Waals surface area contributed by atoms with Crippen LogP contribution in [0.5, 0.6) is 0 Å². The first kappa shape index (κ1) is 14.9. The van der Waals surface area contributed by atoms with Gasteiger partial charge in [0.1, 0.15) is 5.82 Å². The van der Waals surface area contributed by atoms with Crippen LogP contribution in [0.2, 0.25) is 0 Å². The van der Waals surface area contributed by atoms with Gasteiger partial charge in [-0.1, -0.05) is 19.9 Å². The lowest BCUT2D eigenvalue weighted by molar-refractivity contribution is 0.240. The summed E-state index contributed by atoms with van der Waals surface area (Å²) >= 11 is 0. The first-order chi connectivity index (χ1) is 10.5. The first-order valence-corrected chi connectivity index (χ1v) is 7.79. The number of nitrogens with one attached hydrogen (secondary N) is 1. The van der Waals surface area contributed by atoms with Crippen LogP contribution in [0.4, 0.5) is 0 Å². The molecule has 1 aliphatic rings. The quantitative estimate of drug-likeness (QED) is 0.943. The van der Waals surface area contributed by atoms with Crippen LogP contribution in [0.15, 0.2) is 23.1 Å². The largest absolute Gasteiger partial charge is 0.310 e. The van der Waals surface area contributed by atoms with Crippen LogP contribution < -0.4 is 5.56 Å². The predicted molar refractivity (Wildman–Crippen MR) is 85.7 cm³/mol. The summed E-state index contributed by atoms with van der Waals surface area (Å²) in [6.07, 6.45) is 2.64. The molecule has 0 fully saturated rings. The monoisotopic (exact) mass is 298 g/mol. The molecule has 0 radical (unpaired) electrons. The van der Waals surface area contributed by atoms with Crippen LogP contribution in [-0.4, -0.2) is 26.4 Å². The fraction of sp³-hybridized carbons (Fsp3) is 0.471. The minimum atomic E-state index is 0.0151. The maximum Gasteiger partial charge on any atom is 0.255 e. The lowest BCUT2D eigenvalue weighted by atomic mass is 10.0. The zero-order valence-electron chi connectivity index (χ0n) is 13.4. The van der Waals surface area contributed by atoms with Crippen molar-refractivity contribution in [2.45, 2.75) is 46.2 Å². The van der Waals surface area contributed by atoms with Gasteiger partial charge >= 0.3 is 0 Å². The van der Waals surface area contributed by atoms with Crippen LogP contribution in [0.25, 0.3) is 0 Å². The van der Waals surface area contributed by atoms with E-state index in [0.717, 1.165) is 42.3 Å². The Morgan fingerprint density at radius 2 is 2.23 bits per heavy atom. The number of nitrogens with zero attached hydrogens (tertiary/aromatic N) is 3. The summed E-state index contributed by atoms with van der Waals surface area (Å²) in [6, 6.07) is 4.06. The Morgan fingerprint density at radius 3 is 2.95 bits per heavy atom. The number of aromatic amines is 1. The van der Waals surface area contributed by atoms with Crippen molar-refractivity contribution in [2.75, 3.05) is 6.54 Å². The third kappa shape index (κ3) is 2.95. The maximum absolute atomic E-state index is 12.3. The van der Waals surface area contributed by atoms with Crippen molar-refractivity contribution in [1.82, 2.24) is 19.9 Å². The summed E-state index contributed by atoms with van der Waals surface area (Å²) in [7, 11) is 0. The molecule has 1 N–H and O–H groups in total. The van der Waals surface area contributed by atoms with Gasteiger partial charge in [-0.3, -0.25) is 14.7 Å². The second-order valence-electron chi connectivity index (χ2n) is 6.24. The van der Waals surface area contributed by atoms with Gasteiger partial charge in [0.2, 0.25) is 0 Å². The van der Waals surface area contributed by atoms with Gasteiger partial charge in [0, 0.05) is 43.9 Å². The fourth-order valence-electron chi connectivity index (χ4n) is 2.83. The SMILES string of the molecule is Cc1ncccc1CN1CCc2nc(C(C)C)[nH]c(=O)c2C1. The van der Waals surface area contributed by atoms with Crippen molar-refractivity contribution in [3.05, 3.63) is 57.0 Å². The number of aryl methyl sites for hydroxylation is 1. The number of hydrogen-bond acceptors (Lipinski definition) is 4. The molecule has 3 heterocycles. The molecule has 2 aromatic rings. The van der Waals surface area contributed by atoms with Gasteiger partial charge in [-0.05, 0) is 18.6 Å². The Hall–Kier alpha value is -2.01. The van der Waals surface area contributed by atoms with E-state index in [1.807, 2.05) is 33.0 Å². The zero-order chi connectivity index (χ0) is 15.7. The van der Waals surface area contributed by atoms with E-state index in [1.54, 1.807) is 0 Å². The predicted octanol–water partition coefficient (Wildman–Crippen LogP) is 2.16. The summed E-state index contributed by atoms with van der Waals surface area (Å²) < 4.78 is 0. The Labute approximate surface area is 130 Å². The van der Waals surface area contributed by atoms with E-state index in [0.29, 0.717) is 6.54 Å². The van der Waals surface area contributed by atoms with Crippen molar-refractivity contribution in [2.24, 2.45) is 0 Å². The van der Waals surface area contributed by atoms with Gasteiger partial charge in [-0.15, -0.1) is 0 Å². The number of aromatic nitrogens is 3. The van der Waals surface area contributed by atoms with E-state index < -0.39 is 0 Å². The van der Waals surface area contributed by atoms with Gasteiger partial charge in [0.25, 0.3) is 5.56 Å². The topological polar surface area (TPSA) is 61.9 Å². The average molecular weight is 298 g/mol. The van der Waals surface area contributed by atoms with Crippen LogP contribution in [0.3, 0.4) is 0 Å². The van der Waals surface area contributed by atoms with Crippen molar-refractivity contribution in [3.63, 3.8) is 0 Å². The summed E-state index contributed by atoms with van der Waals surface area (Å²) in [5.41, 5.74) is 4.06. The normalized spacial score (nSPS) is 15.1. The third-order valence-corrected chi connectivity index (χ3v) is 4.22. The van der Waals surface area contributed by atoms with Crippen molar-refractivity contribution >= 4 is 0 Å². The van der Waals surface area contributed by atoms with Crippen molar-refractivity contribution in [3.8, 4) is 0 Å². The Bertz CT molecular complexity index is 736. The molecule has 5 heteroatoms. The molecule has 0 atom stereocenters. The average Bonchev–Trinajstić information content (AvgIpc) is 2.50. The van der Waals surface area contributed by atoms with Gasteiger partial charge in [-0.25, -0.2) is 4.98 Å². The molecular weight excluding hydrogens is 276 g/mol. The van der Waals surface area contributed by atoms with E-state index in [2.05, 4.69) is 25.9 Å². The van der Waals surface area contributed by atoms with Crippen LogP contribution >= 0.6 is 0 Å². The zero-order valence-corrected chi connectivity index (χ0v) is 13.4. The van der Waals surface area contributed by atoms with E-state index >= 15 is 0 Å². The highest BCUT2D eigenvalue weighted by molar-refractivity contribution is 5.23. The second kappa shape index (κ2) is 6.01. The second-order valence-corrected chi connectivity index (χ2v) is 6.24. The highest BCUT2D eigenvalue weighted by atomic mass is 16.1. The summed E-state index contributed by atoms with van der Waals surface area (Å²) in [5.74, 6) is 1.04. The minimum Gasteiger partial charge on any atom is -0.310 e. The highest BCUT2D eigenvalue weighted by Crippen LogP contribution is 2.18. The van der Waals surface area contributed by atoms with Crippen LogP contribution in [-0.2, 0) is 19.5 Å². The standard InChI is InChI=1S/C17H22N4O/c1-11(2)16-19-15-6-8-21(10-14(15)17(22)20-16)9-13-5-4-7-18-12(13)3/h4-5,7,11H,6,8-10H2,1-3H3,(H,19,20,22). The molecule has 3 rings (SSSR count). The molecule has 0 saturated carbocycles. The molecule has 0 bridgehead atoms. The molecule has 0 saturated heterocycles. The molecule has 22 heavy (non-hydrogen) atoms. The van der Waals surface area contributed by atoms with Crippen LogP contribution in [0, 0.1) is 6.92 Å². The van der Waals surface area contributed by atoms with E-state index in [-0.39, 0.29) is 11.5 Å². The van der Waals surface area contributed by atoms with Gasteiger partial charge in [0.05, 0.1) is 11.3 Å². The Balaban J connectivity index is 1.82. The van der Waals surface area contributed by atoms with Gasteiger partial charge < -0.3 is 4.98 Å². The van der Waals surface area contributed by atoms with E-state index in [1.165, 1.54) is 5.56 Å². The molecule has 1 aliphatic heterocycles. The molecule has 5 nitrogen and oxygen atoms in total. The van der Waals surface area contributed by atoms with Crippen molar-refractivity contribution < 1.29 is 0 Å². The maximum atomic E-state index is 12.3. The Kier molecular flexibility index (Phi) is 4.07.